The second-order valence-electron chi connectivity index (χ2n) is 6.31. The van der Waals surface area contributed by atoms with E-state index in [1.807, 2.05) is 0 Å². The van der Waals surface area contributed by atoms with Gasteiger partial charge in [0.05, 0.1) is 15.7 Å². The first kappa shape index (κ1) is 20.2. The predicted octanol–water partition coefficient (Wildman–Crippen LogP) is 2.53. The molecule has 1 aliphatic carbocycles. The Morgan fingerprint density at radius 2 is 1.73 bits per heavy atom. The number of carbonyl (C=O) groups excluding carboxylic acids is 1. The number of sulfone groups is 1. The average Bonchev–Trinajstić information content (AvgIpc) is 2.53. The molecule has 0 unspecified atom stereocenters. The Balaban J connectivity index is 2.65. The molecule has 6 nitrogen and oxygen atoms in total. The number of nitrogens with two attached hydrogens (primary N) is 2. The molecule has 4 N–H and O–H groups in total. The first-order chi connectivity index (χ1) is 11.9. The van der Waals surface area contributed by atoms with Crippen LogP contribution in [0.25, 0.3) is 0 Å². The first-order valence-electron chi connectivity index (χ1n) is 8.04. The zero-order valence-corrected chi connectivity index (χ0v) is 15.0. The highest BCUT2D eigenvalue weighted by atomic mass is 32.2. The molecule has 144 valence electrons. The molecule has 0 atom stereocenters. The molecule has 0 aromatic heterocycles. The van der Waals surface area contributed by atoms with E-state index >= 15 is 0 Å². The molecule has 0 radical (unpaired) electrons. The molecule has 0 saturated heterocycles. The second kappa shape index (κ2) is 7.26. The summed E-state index contributed by atoms with van der Waals surface area (Å²) in [6, 6.07) is 1.40. The molecule has 26 heavy (non-hydrogen) atoms. The number of hydrogen-bond donors (Lipinski definition) is 2. The number of nitrogens with zero attached hydrogens (tertiary/aromatic N) is 1. The van der Waals surface area contributed by atoms with E-state index in [1.165, 1.54) is 6.92 Å². The molecule has 0 aliphatic heterocycles. The molecular weight excluding hydrogens is 371 g/mol. The molecule has 1 fully saturated rings. The molecule has 0 bridgehead atoms. The lowest BCUT2D eigenvalue weighted by Crippen LogP contribution is -2.27. The highest BCUT2D eigenvalue weighted by molar-refractivity contribution is 7.92. The minimum atomic E-state index is -4.95. The Kier molecular flexibility index (Phi) is 5.64. The summed E-state index contributed by atoms with van der Waals surface area (Å²) >= 11 is 0. The fourth-order valence-corrected chi connectivity index (χ4v) is 5.24. The standard InChI is InChI=1S/C16H20F3N3O3S/c1-9-7-13(26(24,25)10-5-3-2-4-6-10)12(16(17,18)19)8-11(9)14(23)22-15(20)21/h7-8,10H,2-6H2,1H3,(H4,20,21,22,23). The third-order valence-electron chi connectivity index (χ3n) is 4.39. The third-order valence-corrected chi connectivity index (χ3v) is 6.69. The highest BCUT2D eigenvalue weighted by Crippen LogP contribution is 2.39. The lowest BCUT2D eigenvalue weighted by molar-refractivity contribution is -0.139. The number of benzene rings is 1. The Hall–Kier alpha value is -2.10. The highest BCUT2D eigenvalue weighted by Gasteiger charge is 2.41. The van der Waals surface area contributed by atoms with Crippen molar-refractivity contribution in [3.63, 3.8) is 0 Å². The van der Waals surface area contributed by atoms with E-state index in [0.717, 1.165) is 12.5 Å². The maximum Gasteiger partial charge on any atom is 0.417 e. The fraction of sp³-hybridized carbons (Fsp3) is 0.500. The maximum atomic E-state index is 13.5. The first-order valence-corrected chi connectivity index (χ1v) is 9.59. The number of halogens is 3. The van der Waals surface area contributed by atoms with Gasteiger partial charge in [0.25, 0.3) is 5.91 Å². The van der Waals surface area contributed by atoms with Crippen LogP contribution >= 0.6 is 0 Å². The van der Waals surface area contributed by atoms with Gasteiger partial charge in [0.15, 0.2) is 15.8 Å². The maximum absolute atomic E-state index is 13.5. The number of amides is 1. The van der Waals surface area contributed by atoms with Crippen LogP contribution in [0.1, 0.15) is 53.6 Å². The van der Waals surface area contributed by atoms with Crippen molar-refractivity contribution in [2.45, 2.75) is 55.3 Å². The Morgan fingerprint density at radius 1 is 1.15 bits per heavy atom. The van der Waals surface area contributed by atoms with Crippen LogP contribution in [0, 0.1) is 6.92 Å². The van der Waals surface area contributed by atoms with E-state index in [9.17, 15) is 26.4 Å². The second-order valence-corrected chi connectivity index (χ2v) is 8.50. The van der Waals surface area contributed by atoms with Crippen molar-refractivity contribution in [2.24, 2.45) is 16.5 Å². The SMILES string of the molecule is Cc1cc(S(=O)(=O)C2CCCCC2)c(C(F)(F)F)cc1C(=O)N=C(N)N. The summed E-state index contributed by atoms with van der Waals surface area (Å²) < 4.78 is 66.2. The van der Waals surface area contributed by atoms with Gasteiger partial charge < -0.3 is 11.5 Å². The van der Waals surface area contributed by atoms with Crippen molar-refractivity contribution >= 4 is 21.7 Å². The molecule has 1 aliphatic rings. The molecule has 10 heteroatoms. The largest absolute Gasteiger partial charge is 0.417 e. The van der Waals surface area contributed by atoms with Crippen LogP contribution < -0.4 is 11.5 Å². The van der Waals surface area contributed by atoms with Crippen molar-refractivity contribution in [2.75, 3.05) is 0 Å². The molecule has 1 saturated carbocycles. The zero-order chi connectivity index (χ0) is 19.7. The lowest BCUT2D eigenvalue weighted by Gasteiger charge is -2.24. The summed E-state index contributed by atoms with van der Waals surface area (Å²) in [5, 5.41) is -0.851. The summed E-state index contributed by atoms with van der Waals surface area (Å²) in [6.07, 6.45) is -2.11. The lowest BCUT2D eigenvalue weighted by atomic mass is 10.0. The van der Waals surface area contributed by atoms with Crippen molar-refractivity contribution in [1.82, 2.24) is 0 Å². The third kappa shape index (κ3) is 4.17. The van der Waals surface area contributed by atoms with Crippen LogP contribution in [0.2, 0.25) is 0 Å². The van der Waals surface area contributed by atoms with Crippen LogP contribution in [0.15, 0.2) is 22.0 Å². The van der Waals surface area contributed by atoms with Crippen molar-refractivity contribution in [3.05, 3.63) is 28.8 Å². The number of alkyl halides is 3. The number of aliphatic imine (C=N–C) groups is 1. The predicted molar refractivity (Wildman–Crippen MR) is 90.4 cm³/mol. The summed E-state index contributed by atoms with van der Waals surface area (Å²) in [4.78, 5) is 14.4. The quantitative estimate of drug-likeness (QED) is 0.607. The van der Waals surface area contributed by atoms with Gasteiger partial charge in [0, 0.05) is 5.56 Å². The van der Waals surface area contributed by atoms with E-state index in [4.69, 9.17) is 11.5 Å². The van der Waals surface area contributed by atoms with Gasteiger partial charge in [-0.3, -0.25) is 4.79 Å². The number of aryl methyl sites for hydroxylation is 1. The van der Waals surface area contributed by atoms with E-state index in [0.29, 0.717) is 31.7 Å². The molecule has 1 aromatic rings. The van der Waals surface area contributed by atoms with Gasteiger partial charge in [-0.25, -0.2) is 8.42 Å². The van der Waals surface area contributed by atoms with Crippen LogP contribution in [0.4, 0.5) is 13.2 Å². The minimum absolute atomic E-state index is 0.0578. The molecule has 0 heterocycles. The van der Waals surface area contributed by atoms with Crippen LogP contribution in [0.3, 0.4) is 0 Å². The smallest absolute Gasteiger partial charge is 0.370 e. The van der Waals surface area contributed by atoms with Gasteiger partial charge in [-0.15, -0.1) is 0 Å². The minimum Gasteiger partial charge on any atom is -0.370 e. The molecule has 1 aromatic carbocycles. The zero-order valence-electron chi connectivity index (χ0n) is 14.1. The Bertz CT molecular complexity index is 838. The number of hydrogen-bond acceptors (Lipinski definition) is 3. The average molecular weight is 391 g/mol. The topological polar surface area (TPSA) is 116 Å². The Morgan fingerprint density at radius 3 is 2.23 bits per heavy atom. The molecular formula is C16H20F3N3O3S. The fourth-order valence-electron chi connectivity index (χ4n) is 3.10. The van der Waals surface area contributed by atoms with Crippen molar-refractivity contribution in [3.8, 4) is 0 Å². The summed E-state index contributed by atoms with van der Waals surface area (Å²) in [7, 11) is -4.18. The Labute approximate surface area is 149 Å². The normalized spacial score (nSPS) is 16.3. The number of guanidine groups is 1. The molecule has 2 rings (SSSR count). The van der Waals surface area contributed by atoms with Gasteiger partial charge in [0.1, 0.15) is 0 Å². The van der Waals surface area contributed by atoms with E-state index in [2.05, 4.69) is 4.99 Å². The van der Waals surface area contributed by atoms with Gasteiger partial charge in [0.2, 0.25) is 0 Å². The van der Waals surface area contributed by atoms with Crippen molar-refractivity contribution in [1.29, 1.82) is 0 Å². The van der Waals surface area contributed by atoms with Gasteiger partial charge >= 0.3 is 6.18 Å². The van der Waals surface area contributed by atoms with E-state index < -0.39 is 49.2 Å². The van der Waals surface area contributed by atoms with E-state index in [-0.39, 0.29) is 5.56 Å². The summed E-state index contributed by atoms with van der Waals surface area (Å²) in [5.41, 5.74) is 8.47. The van der Waals surface area contributed by atoms with Gasteiger partial charge in [-0.05, 0) is 37.5 Å². The van der Waals surface area contributed by atoms with Crippen molar-refractivity contribution < 1.29 is 26.4 Å². The monoisotopic (exact) mass is 391 g/mol. The number of rotatable bonds is 3. The van der Waals surface area contributed by atoms with Gasteiger partial charge in [-0.2, -0.15) is 18.2 Å². The van der Waals surface area contributed by atoms with Crippen LogP contribution in [-0.2, 0) is 16.0 Å². The summed E-state index contributed by atoms with van der Waals surface area (Å²) in [6.45, 7) is 1.34. The summed E-state index contributed by atoms with van der Waals surface area (Å²) in [5.74, 6) is -1.66. The van der Waals surface area contributed by atoms with E-state index in [1.54, 1.807) is 0 Å². The van der Waals surface area contributed by atoms with Gasteiger partial charge in [-0.1, -0.05) is 19.3 Å². The molecule has 1 amide bonds. The van der Waals surface area contributed by atoms with Crippen LogP contribution in [0.5, 0.6) is 0 Å². The molecule has 0 spiro atoms. The number of carbonyl (C=O) groups is 1. The van der Waals surface area contributed by atoms with Crippen LogP contribution in [-0.4, -0.2) is 25.5 Å².